The molecule has 0 radical (unpaired) electrons. The van der Waals surface area contributed by atoms with E-state index in [1.165, 1.54) is 6.07 Å². The lowest BCUT2D eigenvalue weighted by Gasteiger charge is -2.42. The Morgan fingerprint density at radius 1 is 0.645 bits per heavy atom. The quantitative estimate of drug-likeness (QED) is 0.359. The molecule has 1 aliphatic rings. The Labute approximate surface area is 182 Å². The van der Waals surface area contributed by atoms with Crippen LogP contribution in [0.4, 0.5) is 4.39 Å². The Morgan fingerprint density at radius 2 is 1.16 bits per heavy atom. The third-order valence-electron chi connectivity index (χ3n) is 5.92. The molecule has 4 aromatic rings. The Morgan fingerprint density at radius 3 is 1.65 bits per heavy atom. The molecule has 4 aromatic carbocycles. The second-order valence-corrected chi connectivity index (χ2v) is 7.74. The summed E-state index contributed by atoms with van der Waals surface area (Å²) in [6.07, 6.45) is 0.762. The SMILES string of the molecule is Fc1cccc(C2=NN(C(c3ccccc3)(c3ccccc3)c3ccccc3)CC2)c1. The number of nitrogens with zero attached hydrogens (tertiary/aromatic N) is 2. The van der Waals surface area contributed by atoms with Gasteiger partial charge in [0, 0.05) is 18.5 Å². The van der Waals surface area contributed by atoms with E-state index in [0.717, 1.165) is 40.9 Å². The normalized spacial score (nSPS) is 13.8. The number of benzene rings is 4. The van der Waals surface area contributed by atoms with Gasteiger partial charge in [0.2, 0.25) is 0 Å². The van der Waals surface area contributed by atoms with E-state index in [-0.39, 0.29) is 5.82 Å². The van der Waals surface area contributed by atoms with Gasteiger partial charge in [-0.25, -0.2) is 4.39 Å². The zero-order valence-electron chi connectivity index (χ0n) is 17.2. The summed E-state index contributed by atoms with van der Waals surface area (Å²) in [6, 6.07) is 38.2. The maximum absolute atomic E-state index is 13.9. The maximum atomic E-state index is 13.9. The van der Waals surface area contributed by atoms with Crippen LogP contribution < -0.4 is 0 Å². The van der Waals surface area contributed by atoms with Crippen molar-refractivity contribution >= 4 is 5.71 Å². The molecule has 2 nitrogen and oxygen atoms in total. The molecule has 0 saturated heterocycles. The van der Waals surface area contributed by atoms with Crippen LogP contribution in [0, 0.1) is 5.82 Å². The average molecular weight is 407 g/mol. The maximum Gasteiger partial charge on any atom is 0.133 e. The molecule has 152 valence electrons. The third-order valence-corrected chi connectivity index (χ3v) is 5.92. The van der Waals surface area contributed by atoms with Crippen LogP contribution in [0.15, 0.2) is 120 Å². The van der Waals surface area contributed by atoms with Gasteiger partial charge in [0.05, 0.1) is 5.71 Å². The molecule has 0 aromatic heterocycles. The van der Waals surface area contributed by atoms with Crippen LogP contribution in [0.2, 0.25) is 0 Å². The predicted octanol–water partition coefficient (Wildman–Crippen LogP) is 6.23. The van der Waals surface area contributed by atoms with Crippen molar-refractivity contribution in [3.05, 3.63) is 143 Å². The zero-order chi connectivity index (χ0) is 21.1. The van der Waals surface area contributed by atoms with E-state index in [9.17, 15) is 4.39 Å². The van der Waals surface area contributed by atoms with E-state index in [1.54, 1.807) is 12.1 Å². The first-order chi connectivity index (χ1) is 15.3. The fourth-order valence-electron chi connectivity index (χ4n) is 4.56. The lowest BCUT2D eigenvalue weighted by molar-refractivity contribution is 0.183. The van der Waals surface area contributed by atoms with Gasteiger partial charge >= 0.3 is 0 Å². The second-order valence-electron chi connectivity index (χ2n) is 7.74. The molecular formula is C28H23FN2. The van der Waals surface area contributed by atoms with Crippen molar-refractivity contribution in [3.8, 4) is 0 Å². The highest BCUT2D eigenvalue weighted by Crippen LogP contribution is 2.44. The van der Waals surface area contributed by atoms with Gasteiger partial charge in [0.1, 0.15) is 11.4 Å². The highest BCUT2D eigenvalue weighted by molar-refractivity contribution is 6.01. The molecule has 1 heterocycles. The first-order valence-electron chi connectivity index (χ1n) is 10.6. The van der Waals surface area contributed by atoms with Crippen LogP contribution in [-0.4, -0.2) is 17.3 Å². The van der Waals surface area contributed by atoms with E-state index in [4.69, 9.17) is 5.10 Å². The van der Waals surface area contributed by atoms with Gasteiger partial charge in [-0.05, 0) is 28.8 Å². The van der Waals surface area contributed by atoms with Crippen molar-refractivity contribution in [2.24, 2.45) is 5.10 Å². The van der Waals surface area contributed by atoms with E-state index < -0.39 is 5.54 Å². The molecule has 3 heteroatoms. The van der Waals surface area contributed by atoms with Crippen molar-refractivity contribution < 1.29 is 4.39 Å². The van der Waals surface area contributed by atoms with Crippen molar-refractivity contribution in [2.75, 3.05) is 6.54 Å². The second kappa shape index (κ2) is 8.19. The largest absolute Gasteiger partial charge is 0.277 e. The Kier molecular flexibility index (Phi) is 5.09. The van der Waals surface area contributed by atoms with Crippen molar-refractivity contribution in [1.29, 1.82) is 0 Å². The monoisotopic (exact) mass is 406 g/mol. The first kappa shape index (κ1) is 19.3. The van der Waals surface area contributed by atoms with Crippen molar-refractivity contribution in [3.63, 3.8) is 0 Å². The number of hydrogen-bond donors (Lipinski definition) is 0. The minimum atomic E-state index is -0.584. The highest BCUT2D eigenvalue weighted by Gasteiger charge is 2.43. The molecule has 1 aliphatic heterocycles. The molecule has 0 atom stereocenters. The van der Waals surface area contributed by atoms with Crippen LogP contribution in [0.3, 0.4) is 0 Å². The summed E-state index contributed by atoms with van der Waals surface area (Å²) >= 11 is 0. The van der Waals surface area contributed by atoms with E-state index in [0.29, 0.717) is 0 Å². The van der Waals surface area contributed by atoms with Crippen LogP contribution in [0.1, 0.15) is 28.7 Å². The molecular weight excluding hydrogens is 383 g/mol. The lowest BCUT2D eigenvalue weighted by Crippen LogP contribution is -2.44. The molecule has 5 rings (SSSR count). The van der Waals surface area contributed by atoms with E-state index in [2.05, 4.69) is 77.8 Å². The minimum absolute atomic E-state index is 0.237. The topological polar surface area (TPSA) is 15.6 Å². The summed E-state index contributed by atoms with van der Waals surface area (Å²) < 4.78 is 13.9. The smallest absolute Gasteiger partial charge is 0.133 e. The minimum Gasteiger partial charge on any atom is -0.277 e. The number of hydrazone groups is 1. The summed E-state index contributed by atoms with van der Waals surface area (Å²) in [5.74, 6) is -0.237. The lowest BCUT2D eigenvalue weighted by atomic mass is 9.76. The Hall–Kier alpha value is -3.72. The van der Waals surface area contributed by atoms with E-state index >= 15 is 0 Å². The van der Waals surface area contributed by atoms with Gasteiger partial charge < -0.3 is 0 Å². The number of halogens is 1. The Balaban J connectivity index is 1.75. The number of hydrogen-bond acceptors (Lipinski definition) is 2. The van der Waals surface area contributed by atoms with Gasteiger partial charge in [-0.15, -0.1) is 0 Å². The number of rotatable bonds is 5. The third kappa shape index (κ3) is 3.42. The fourth-order valence-corrected chi connectivity index (χ4v) is 4.56. The first-order valence-corrected chi connectivity index (χ1v) is 10.6. The van der Waals surface area contributed by atoms with Gasteiger partial charge in [-0.3, -0.25) is 5.01 Å². The summed E-state index contributed by atoms with van der Waals surface area (Å²) in [4.78, 5) is 0. The zero-order valence-corrected chi connectivity index (χ0v) is 17.2. The van der Waals surface area contributed by atoms with Gasteiger partial charge in [0.25, 0.3) is 0 Å². The molecule has 0 aliphatic carbocycles. The van der Waals surface area contributed by atoms with E-state index in [1.807, 2.05) is 24.3 Å². The van der Waals surface area contributed by atoms with Crippen LogP contribution >= 0.6 is 0 Å². The van der Waals surface area contributed by atoms with Gasteiger partial charge in [0.15, 0.2) is 0 Å². The van der Waals surface area contributed by atoms with Crippen molar-refractivity contribution in [2.45, 2.75) is 12.0 Å². The van der Waals surface area contributed by atoms with Gasteiger partial charge in [-0.2, -0.15) is 5.10 Å². The van der Waals surface area contributed by atoms with Crippen molar-refractivity contribution in [1.82, 2.24) is 5.01 Å². The summed E-state index contributed by atoms with van der Waals surface area (Å²) in [5, 5.41) is 7.26. The summed E-state index contributed by atoms with van der Waals surface area (Å²) in [7, 11) is 0. The molecule has 31 heavy (non-hydrogen) atoms. The molecule has 0 amide bonds. The Bertz CT molecular complexity index is 1090. The summed E-state index contributed by atoms with van der Waals surface area (Å²) in [5.41, 5.74) is 4.61. The highest BCUT2D eigenvalue weighted by atomic mass is 19.1. The fraction of sp³-hybridized carbons (Fsp3) is 0.107. The molecule has 0 unspecified atom stereocenters. The molecule has 0 fully saturated rings. The van der Waals surface area contributed by atoms with Crippen LogP contribution in [-0.2, 0) is 5.54 Å². The summed E-state index contributed by atoms with van der Waals surface area (Å²) in [6.45, 7) is 0.741. The molecule has 0 spiro atoms. The average Bonchev–Trinajstić information content (AvgIpc) is 3.32. The standard InChI is InChI=1S/C28H23FN2/c29-26-18-10-11-22(21-26)27-19-20-31(30-27)28(23-12-4-1-5-13-23,24-14-6-2-7-15-24)25-16-8-3-9-17-25/h1-18,21H,19-20H2. The molecule has 0 N–H and O–H groups in total. The van der Waals surface area contributed by atoms with Gasteiger partial charge in [-0.1, -0.05) is 103 Å². The molecule has 0 saturated carbocycles. The van der Waals surface area contributed by atoms with Crippen LogP contribution in [0.5, 0.6) is 0 Å². The molecule has 0 bridgehead atoms. The van der Waals surface area contributed by atoms with Crippen LogP contribution in [0.25, 0.3) is 0 Å². The predicted molar refractivity (Wildman–Crippen MR) is 123 cm³/mol.